The molecule has 3 rings (SSSR count). The fourth-order valence-electron chi connectivity index (χ4n) is 2.62. The van der Waals surface area contributed by atoms with Crippen molar-refractivity contribution in [2.75, 3.05) is 0 Å². The lowest BCUT2D eigenvalue weighted by molar-refractivity contribution is -0.137. The van der Waals surface area contributed by atoms with Crippen LogP contribution in [0.2, 0.25) is 0 Å². The Morgan fingerprint density at radius 1 is 1.08 bits per heavy atom. The molecule has 7 heteroatoms. The second-order valence-corrected chi connectivity index (χ2v) is 5.79. The van der Waals surface area contributed by atoms with Crippen LogP contribution in [-0.2, 0) is 13.2 Å². The van der Waals surface area contributed by atoms with Gasteiger partial charge in [-0.1, -0.05) is 30.3 Å². The van der Waals surface area contributed by atoms with Crippen molar-refractivity contribution in [2.24, 2.45) is 7.05 Å². The first-order valence-electron chi connectivity index (χ1n) is 7.86. The number of alkyl halides is 3. The maximum Gasteiger partial charge on any atom is 0.416 e. The Bertz CT molecular complexity index is 886. The first-order chi connectivity index (χ1) is 12.4. The van der Waals surface area contributed by atoms with Crippen molar-refractivity contribution in [1.82, 2.24) is 14.9 Å². The lowest BCUT2D eigenvalue weighted by atomic mass is 10.0. The van der Waals surface area contributed by atoms with E-state index in [9.17, 15) is 18.0 Å². The number of amides is 1. The third kappa shape index (κ3) is 3.77. The van der Waals surface area contributed by atoms with Gasteiger partial charge in [-0.05, 0) is 29.8 Å². The van der Waals surface area contributed by atoms with Gasteiger partial charge in [0.15, 0.2) is 0 Å². The maximum atomic E-state index is 12.7. The predicted molar refractivity (Wildman–Crippen MR) is 90.4 cm³/mol. The Labute approximate surface area is 148 Å². The third-order valence-corrected chi connectivity index (χ3v) is 4.00. The van der Waals surface area contributed by atoms with Gasteiger partial charge in [-0.25, -0.2) is 4.98 Å². The number of carbonyl (C=O) groups is 1. The van der Waals surface area contributed by atoms with E-state index in [0.29, 0.717) is 5.82 Å². The molecule has 134 valence electrons. The smallest absolute Gasteiger partial charge is 0.338 e. The second kappa shape index (κ2) is 7.03. The molecule has 1 N–H and O–H groups in total. The van der Waals surface area contributed by atoms with Gasteiger partial charge in [0.1, 0.15) is 11.9 Å². The van der Waals surface area contributed by atoms with Gasteiger partial charge in [-0.3, -0.25) is 4.79 Å². The second-order valence-electron chi connectivity index (χ2n) is 5.79. The Morgan fingerprint density at radius 2 is 1.73 bits per heavy atom. The first kappa shape index (κ1) is 17.7. The highest BCUT2D eigenvalue weighted by Gasteiger charge is 2.30. The number of halogens is 3. The summed E-state index contributed by atoms with van der Waals surface area (Å²) in [7, 11) is 1.81. The number of rotatable bonds is 4. The highest BCUT2D eigenvalue weighted by Crippen LogP contribution is 2.29. The Morgan fingerprint density at radius 3 is 2.27 bits per heavy atom. The van der Waals surface area contributed by atoms with Crippen LogP contribution in [0.15, 0.2) is 67.0 Å². The fraction of sp³-hybridized carbons (Fsp3) is 0.158. The van der Waals surface area contributed by atoms with Crippen LogP contribution in [0.4, 0.5) is 13.2 Å². The van der Waals surface area contributed by atoms with Gasteiger partial charge in [0.2, 0.25) is 0 Å². The Kier molecular flexibility index (Phi) is 4.79. The molecule has 1 amide bonds. The van der Waals surface area contributed by atoms with E-state index in [1.807, 2.05) is 37.4 Å². The largest absolute Gasteiger partial charge is 0.416 e. The van der Waals surface area contributed by atoms with Crippen LogP contribution in [0.1, 0.15) is 33.4 Å². The summed E-state index contributed by atoms with van der Waals surface area (Å²) in [5.74, 6) is 0.145. The van der Waals surface area contributed by atoms with E-state index < -0.39 is 23.7 Å². The van der Waals surface area contributed by atoms with E-state index >= 15 is 0 Å². The topological polar surface area (TPSA) is 46.9 Å². The van der Waals surface area contributed by atoms with E-state index in [4.69, 9.17) is 0 Å². The molecule has 4 nitrogen and oxygen atoms in total. The number of aryl methyl sites for hydroxylation is 1. The van der Waals surface area contributed by atoms with Gasteiger partial charge < -0.3 is 9.88 Å². The summed E-state index contributed by atoms with van der Waals surface area (Å²) < 4.78 is 39.8. The van der Waals surface area contributed by atoms with Crippen molar-refractivity contribution in [3.63, 3.8) is 0 Å². The summed E-state index contributed by atoms with van der Waals surface area (Å²) in [5, 5.41) is 2.85. The SMILES string of the molecule is Cn1ccnc1C(NC(=O)c1ccc(C(F)(F)F)cc1)c1ccccc1. The Balaban J connectivity index is 1.87. The van der Waals surface area contributed by atoms with Crippen LogP contribution in [0, 0.1) is 0 Å². The van der Waals surface area contributed by atoms with Crippen molar-refractivity contribution in [3.05, 3.63) is 89.5 Å². The third-order valence-electron chi connectivity index (χ3n) is 4.00. The van der Waals surface area contributed by atoms with E-state index in [-0.39, 0.29) is 5.56 Å². The number of hydrogen-bond donors (Lipinski definition) is 1. The zero-order valence-electron chi connectivity index (χ0n) is 13.9. The summed E-state index contributed by atoms with van der Waals surface area (Å²) in [6, 6.07) is 12.9. The van der Waals surface area contributed by atoms with Crippen LogP contribution in [0.5, 0.6) is 0 Å². The number of nitrogens with zero attached hydrogens (tertiary/aromatic N) is 2. The molecule has 1 unspecified atom stereocenters. The Hall–Kier alpha value is -3.09. The predicted octanol–water partition coefficient (Wildman–Crippen LogP) is 3.96. The molecule has 2 aromatic carbocycles. The maximum absolute atomic E-state index is 12.7. The molecule has 1 aromatic heterocycles. The summed E-state index contributed by atoms with van der Waals surface area (Å²) in [6.45, 7) is 0. The number of imidazole rings is 1. The van der Waals surface area contributed by atoms with Gasteiger partial charge in [0.05, 0.1) is 5.56 Å². The summed E-state index contributed by atoms with van der Waals surface area (Å²) >= 11 is 0. The molecule has 0 radical (unpaired) electrons. The molecular formula is C19H16F3N3O. The van der Waals surface area contributed by atoms with Gasteiger partial charge in [0, 0.05) is 25.0 Å². The summed E-state index contributed by atoms with van der Waals surface area (Å²) in [6.07, 6.45) is -1.06. The molecular weight excluding hydrogens is 343 g/mol. The highest BCUT2D eigenvalue weighted by atomic mass is 19.4. The number of nitrogens with one attached hydrogen (secondary N) is 1. The van der Waals surface area contributed by atoms with Crippen molar-refractivity contribution >= 4 is 5.91 Å². The normalized spacial score (nSPS) is 12.6. The first-order valence-corrected chi connectivity index (χ1v) is 7.86. The molecule has 1 heterocycles. The molecule has 1 atom stereocenters. The number of hydrogen-bond acceptors (Lipinski definition) is 2. The molecule has 3 aromatic rings. The zero-order chi connectivity index (χ0) is 18.7. The minimum atomic E-state index is -4.44. The summed E-state index contributed by atoms with van der Waals surface area (Å²) in [4.78, 5) is 16.9. The molecule has 0 bridgehead atoms. The van der Waals surface area contributed by atoms with Gasteiger partial charge in [-0.15, -0.1) is 0 Å². The highest BCUT2D eigenvalue weighted by molar-refractivity contribution is 5.94. The van der Waals surface area contributed by atoms with Crippen molar-refractivity contribution in [2.45, 2.75) is 12.2 Å². The van der Waals surface area contributed by atoms with Crippen LogP contribution >= 0.6 is 0 Å². The van der Waals surface area contributed by atoms with Crippen molar-refractivity contribution < 1.29 is 18.0 Å². The van der Waals surface area contributed by atoms with Gasteiger partial charge in [0.25, 0.3) is 5.91 Å². The molecule has 0 spiro atoms. The van der Waals surface area contributed by atoms with Crippen molar-refractivity contribution in [1.29, 1.82) is 0 Å². The van der Waals surface area contributed by atoms with E-state index in [1.54, 1.807) is 17.0 Å². The molecule has 0 fully saturated rings. The average Bonchev–Trinajstić information content (AvgIpc) is 3.05. The fourth-order valence-corrected chi connectivity index (χ4v) is 2.62. The molecule has 0 aliphatic heterocycles. The molecule has 0 aliphatic carbocycles. The van der Waals surface area contributed by atoms with Crippen LogP contribution in [-0.4, -0.2) is 15.5 Å². The molecule has 26 heavy (non-hydrogen) atoms. The van der Waals surface area contributed by atoms with Crippen LogP contribution in [0.25, 0.3) is 0 Å². The van der Waals surface area contributed by atoms with Gasteiger partial charge >= 0.3 is 6.18 Å². The standard InChI is InChI=1S/C19H16F3N3O/c1-25-12-11-23-17(25)16(13-5-3-2-4-6-13)24-18(26)14-7-9-15(10-8-14)19(20,21)22/h2-12,16H,1H3,(H,24,26). The zero-order valence-corrected chi connectivity index (χ0v) is 13.9. The number of benzene rings is 2. The van der Waals surface area contributed by atoms with Crippen LogP contribution in [0.3, 0.4) is 0 Å². The quantitative estimate of drug-likeness (QED) is 0.767. The van der Waals surface area contributed by atoms with E-state index in [2.05, 4.69) is 10.3 Å². The van der Waals surface area contributed by atoms with Gasteiger partial charge in [-0.2, -0.15) is 13.2 Å². The minimum absolute atomic E-state index is 0.146. The monoisotopic (exact) mass is 359 g/mol. The average molecular weight is 359 g/mol. The van der Waals surface area contributed by atoms with E-state index in [1.165, 1.54) is 12.1 Å². The summed E-state index contributed by atoms with van der Waals surface area (Å²) in [5.41, 5.74) is 0.174. The van der Waals surface area contributed by atoms with E-state index in [0.717, 1.165) is 17.7 Å². The minimum Gasteiger partial charge on any atom is -0.338 e. The molecule has 0 saturated heterocycles. The lowest BCUT2D eigenvalue weighted by Crippen LogP contribution is -2.31. The molecule has 0 aliphatic rings. The molecule has 0 saturated carbocycles. The van der Waals surface area contributed by atoms with Crippen LogP contribution < -0.4 is 5.32 Å². The number of aromatic nitrogens is 2. The lowest BCUT2D eigenvalue weighted by Gasteiger charge is -2.19. The number of carbonyl (C=O) groups excluding carboxylic acids is 1. The van der Waals surface area contributed by atoms with Crippen molar-refractivity contribution in [3.8, 4) is 0 Å².